The first-order valence-electron chi connectivity index (χ1n) is 15.2. The molecule has 0 radical (unpaired) electrons. The summed E-state index contributed by atoms with van der Waals surface area (Å²) in [5.74, 6) is 0. The second-order valence-corrected chi connectivity index (χ2v) is 15.4. The third-order valence-electron chi connectivity index (χ3n) is 9.47. The second kappa shape index (κ2) is 9.34. The average molecular weight is 594 g/mol. The molecule has 0 bridgehead atoms. The van der Waals surface area contributed by atoms with E-state index in [1.165, 1.54) is 90.7 Å². The van der Waals surface area contributed by atoms with Crippen molar-refractivity contribution in [2.75, 3.05) is 0 Å². The molecular formula is C42H26PS+. The molecule has 0 saturated heterocycles. The van der Waals surface area contributed by atoms with Gasteiger partial charge in [-0.25, -0.2) is 0 Å². The normalized spacial score (nSPS) is 12.3. The Morgan fingerprint density at radius 2 is 0.909 bits per heavy atom. The highest BCUT2D eigenvalue weighted by Gasteiger charge is 2.28. The molecule has 0 N–H and O–H groups in total. The van der Waals surface area contributed by atoms with Crippen molar-refractivity contribution >= 4 is 87.7 Å². The zero-order valence-corrected chi connectivity index (χ0v) is 25.7. The van der Waals surface area contributed by atoms with E-state index in [0.717, 1.165) is 0 Å². The first-order chi connectivity index (χ1) is 21.8. The fourth-order valence-electron chi connectivity index (χ4n) is 7.48. The standard InChI is InChI=1S/C42H25PS/c1-3-10-28-22-30(18-16-26(28)8-1)43(31-19-17-27-9-2-4-11-29(27)23-31)32-20-21-36-39(24-32)44-40-25-38-34-13-6-5-12-33(34)35-14-7-15-37(41(35)38)42(36)40/h1-25H/p+1. The Balaban J connectivity index is 1.21. The highest BCUT2D eigenvalue weighted by Crippen LogP contribution is 2.51. The molecule has 1 heterocycles. The van der Waals surface area contributed by atoms with Gasteiger partial charge in [0, 0.05) is 20.2 Å². The Bertz CT molecular complexity index is 2550. The van der Waals surface area contributed by atoms with Gasteiger partial charge in [0.2, 0.25) is 0 Å². The van der Waals surface area contributed by atoms with Crippen molar-refractivity contribution in [2.24, 2.45) is 0 Å². The van der Waals surface area contributed by atoms with E-state index >= 15 is 0 Å². The van der Waals surface area contributed by atoms with Gasteiger partial charge < -0.3 is 0 Å². The van der Waals surface area contributed by atoms with Crippen molar-refractivity contribution in [2.45, 2.75) is 0 Å². The number of hydrogen-bond donors (Lipinski definition) is 0. The van der Waals surface area contributed by atoms with E-state index in [1.807, 2.05) is 11.3 Å². The van der Waals surface area contributed by atoms with Gasteiger partial charge >= 0.3 is 0 Å². The van der Waals surface area contributed by atoms with Crippen molar-refractivity contribution in [3.63, 3.8) is 0 Å². The van der Waals surface area contributed by atoms with Gasteiger partial charge in [0.25, 0.3) is 0 Å². The molecule has 0 saturated carbocycles. The number of benzene rings is 8. The Hall–Kier alpha value is -4.81. The monoisotopic (exact) mass is 593 g/mol. The molecule has 0 nitrogen and oxygen atoms in total. The van der Waals surface area contributed by atoms with Crippen LogP contribution in [0.2, 0.25) is 0 Å². The molecular weight excluding hydrogens is 568 g/mol. The maximum atomic E-state index is 2.51. The fourth-order valence-corrected chi connectivity index (χ4v) is 11.4. The molecule has 204 valence electrons. The van der Waals surface area contributed by atoms with Gasteiger partial charge in [0.1, 0.15) is 15.9 Å². The summed E-state index contributed by atoms with van der Waals surface area (Å²) in [6, 6.07) is 57.2. The van der Waals surface area contributed by atoms with Gasteiger partial charge in [0.15, 0.2) is 0 Å². The number of rotatable bonds is 3. The highest BCUT2D eigenvalue weighted by atomic mass is 32.1. The smallest absolute Gasteiger partial charge is 0.103 e. The summed E-state index contributed by atoms with van der Waals surface area (Å²) in [5.41, 5.74) is 5.46. The highest BCUT2D eigenvalue weighted by molar-refractivity contribution is 7.79. The van der Waals surface area contributed by atoms with Crippen LogP contribution in [0.15, 0.2) is 152 Å². The van der Waals surface area contributed by atoms with Crippen LogP contribution in [0.25, 0.3) is 74.7 Å². The van der Waals surface area contributed by atoms with Gasteiger partial charge in [-0.05, 0) is 103 Å². The molecule has 8 aromatic carbocycles. The average Bonchev–Trinajstić information content (AvgIpc) is 3.61. The molecule has 44 heavy (non-hydrogen) atoms. The van der Waals surface area contributed by atoms with Crippen molar-refractivity contribution in [1.29, 1.82) is 0 Å². The molecule has 1 aliphatic carbocycles. The lowest BCUT2D eigenvalue weighted by Crippen LogP contribution is -2.20. The summed E-state index contributed by atoms with van der Waals surface area (Å²) in [4.78, 5) is 0. The van der Waals surface area contributed by atoms with Gasteiger partial charge in [-0.15, -0.1) is 11.3 Å². The van der Waals surface area contributed by atoms with E-state index in [2.05, 4.69) is 152 Å². The zero-order chi connectivity index (χ0) is 28.8. The van der Waals surface area contributed by atoms with Crippen LogP contribution >= 0.6 is 19.3 Å². The Kier molecular flexibility index (Phi) is 5.23. The molecule has 1 aliphatic rings. The van der Waals surface area contributed by atoms with Crippen LogP contribution in [0.3, 0.4) is 0 Å². The van der Waals surface area contributed by atoms with E-state index in [1.54, 1.807) is 0 Å². The van der Waals surface area contributed by atoms with E-state index < -0.39 is 7.92 Å². The number of fused-ring (bicyclic) bond motifs is 9. The molecule has 0 atom stereocenters. The first kappa shape index (κ1) is 24.6. The largest absolute Gasteiger partial charge is 0.135 e. The van der Waals surface area contributed by atoms with E-state index in [0.29, 0.717) is 0 Å². The molecule has 10 rings (SSSR count). The fraction of sp³-hybridized carbons (Fsp3) is 0. The van der Waals surface area contributed by atoms with Crippen LogP contribution in [-0.4, -0.2) is 0 Å². The van der Waals surface area contributed by atoms with Crippen LogP contribution < -0.4 is 15.9 Å². The quantitative estimate of drug-likeness (QED) is 0.179. The summed E-state index contributed by atoms with van der Waals surface area (Å²) >= 11 is 1.95. The predicted molar refractivity (Wildman–Crippen MR) is 196 cm³/mol. The molecule has 0 aliphatic heterocycles. The van der Waals surface area contributed by atoms with Crippen LogP contribution in [0.1, 0.15) is 0 Å². The number of hydrogen-bond acceptors (Lipinski definition) is 1. The SMILES string of the molecule is c1ccc2c(c1)-c1cccc3c1c-2cc1sc2cc([PH+](c4ccc5ccccc5c4)c4ccc5ccccc5c4)ccc2c13. The molecule has 0 amide bonds. The van der Waals surface area contributed by atoms with Crippen molar-refractivity contribution < 1.29 is 0 Å². The minimum atomic E-state index is -1.26. The summed E-state index contributed by atoms with van der Waals surface area (Å²) in [7, 11) is -1.26. The van der Waals surface area contributed by atoms with Crippen molar-refractivity contribution in [1.82, 2.24) is 0 Å². The summed E-state index contributed by atoms with van der Waals surface area (Å²) < 4.78 is 2.75. The Morgan fingerprint density at radius 1 is 0.341 bits per heavy atom. The van der Waals surface area contributed by atoms with Gasteiger partial charge in [-0.3, -0.25) is 0 Å². The van der Waals surface area contributed by atoms with Gasteiger partial charge in [-0.2, -0.15) is 0 Å². The lowest BCUT2D eigenvalue weighted by molar-refractivity contribution is 1.70. The topological polar surface area (TPSA) is 0 Å². The summed E-state index contributed by atoms with van der Waals surface area (Å²) in [5, 5.41) is 15.0. The third kappa shape index (κ3) is 3.55. The lowest BCUT2D eigenvalue weighted by atomic mass is 9.98. The second-order valence-electron chi connectivity index (χ2n) is 11.9. The molecule has 1 aromatic heterocycles. The minimum absolute atomic E-state index is 1.26. The van der Waals surface area contributed by atoms with Crippen LogP contribution in [0.4, 0.5) is 0 Å². The van der Waals surface area contributed by atoms with Crippen LogP contribution in [-0.2, 0) is 0 Å². The zero-order valence-electron chi connectivity index (χ0n) is 23.8. The summed E-state index contributed by atoms with van der Waals surface area (Å²) in [6.45, 7) is 0. The van der Waals surface area contributed by atoms with Gasteiger partial charge in [-0.1, -0.05) is 103 Å². The van der Waals surface area contributed by atoms with Crippen LogP contribution in [0, 0.1) is 0 Å². The van der Waals surface area contributed by atoms with E-state index in [4.69, 9.17) is 0 Å². The van der Waals surface area contributed by atoms with Crippen molar-refractivity contribution in [3.05, 3.63) is 152 Å². The summed E-state index contributed by atoms with van der Waals surface area (Å²) in [6.07, 6.45) is 0. The molecule has 0 spiro atoms. The van der Waals surface area contributed by atoms with E-state index in [-0.39, 0.29) is 0 Å². The maximum Gasteiger partial charge on any atom is 0.103 e. The van der Waals surface area contributed by atoms with Crippen LogP contribution in [0.5, 0.6) is 0 Å². The molecule has 9 aromatic rings. The predicted octanol–water partition coefficient (Wildman–Crippen LogP) is 10.7. The molecule has 0 fully saturated rings. The number of thiophene rings is 1. The minimum Gasteiger partial charge on any atom is -0.135 e. The van der Waals surface area contributed by atoms with Gasteiger partial charge in [0.05, 0.1) is 7.92 Å². The lowest BCUT2D eigenvalue weighted by Gasteiger charge is -2.13. The molecule has 2 heteroatoms. The first-order valence-corrected chi connectivity index (χ1v) is 17.5. The molecule has 0 unspecified atom stereocenters. The maximum absolute atomic E-state index is 2.51. The van der Waals surface area contributed by atoms with Crippen molar-refractivity contribution in [3.8, 4) is 22.3 Å². The van der Waals surface area contributed by atoms with E-state index in [9.17, 15) is 0 Å². The Labute approximate surface area is 260 Å². The Morgan fingerprint density at radius 3 is 1.61 bits per heavy atom. The third-order valence-corrected chi connectivity index (χ3v) is 13.2.